The third kappa shape index (κ3) is 6.69. The van der Waals surface area contributed by atoms with Gasteiger partial charge in [0.05, 0.1) is 25.4 Å². The van der Waals surface area contributed by atoms with Gasteiger partial charge in [0.2, 0.25) is 0 Å². The fourth-order valence-corrected chi connectivity index (χ4v) is 2.36. The summed E-state index contributed by atoms with van der Waals surface area (Å²) < 4.78 is 10.9. The predicted molar refractivity (Wildman–Crippen MR) is 72.8 cm³/mol. The van der Waals surface area contributed by atoms with E-state index in [0.717, 1.165) is 19.3 Å². The average Bonchev–Trinajstić information content (AvgIpc) is 2.42. The van der Waals surface area contributed by atoms with Gasteiger partial charge in [0.1, 0.15) is 0 Å². The van der Waals surface area contributed by atoms with Crippen molar-refractivity contribution in [2.45, 2.75) is 63.7 Å². The second kappa shape index (κ2) is 9.73. The van der Waals surface area contributed by atoms with Crippen LogP contribution < -0.4 is 5.32 Å². The molecule has 1 aliphatic rings. The van der Waals surface area contributed by atoms with Gasteiger partial charge in [0.15, 0.2) is 0 Å². The van der Waals surface area contributed by atoms with Gasteiger partial charge in [0, 0.05) is 19.7 Å². The van der Waals surface area contributed by atoms with Crippen LogP contribution in [0.3, 0.4) is 0 Å². The maximum Gasteiger partial charge on any atom is 0.0897 e. The van der Waals surface area contributed by atoms with Crippen molar-refractivity contribution in [3.8, 4) is 0 Å². The molecule has 2 N–H and O–H groups in total. The minimum absolute atomic E-state index is 0.319. The smallest absolute Gasteiger partial charge is 0.0897 e. The Morgan fingerprint density at radius 2 is 1.94 bits per heavy atom. The van der Waals surface area contributed by atoms with E-state index in [1.165, 1.54) is 19.3 Å². The lowest BCUT2D eigenvalue weighted by Gasteiger charge is -2.24. The lowest BCUT2D eigenvalue weighted by atomic mass is 9.98. The molecular formula is C14H29NO3. The lowest BCUT2D eigenvalue weighted by Crippen LogP contribution is -2.40. The van der Waals surface area contributed by atoms with E-state index in [9.17, 15) is 5.11 Å². The van der Waals surface area contributed by atoms with Crippen molar-refractivity contribution >= 4 is 0 Å². The highest BCUT2D eigenvalue weighted by Gasteiger charge is 2.16. The van der Waals surface area contributed by atoms with Gasteiger partial charge in [-0.1, -0.05) is 26.2 Å². The standard InChI is InChI=1S/C14H29NO3/c1-3-12(10-17-2)15-9-13(16)11-18-14-7-5-4-6-8-14/h12-16H,3-11H2,1-2H3. The van der Waals surface area contributed by atoms with Gasteiger partial charge >= 0.3 is 0 Å². The Balaban J connectivity index is 2.06. The summed E-state index contributed by atoms with van der Waals surface area (Å²) in [7, 11) is 1.70. The van der Waals surface area contributed by atoms with E-state index in [0.29, 0.717) is 31.9 Å². The second-order valence-corrected chi connectivity index (χ2v) is 5.22. The van der Waals surface area contributed by atoms with E-state index in [2.05, 4.69) is 12.2 Å². The van der Waals surface area contributed by atoms with Crippen molar-refractivity contribution in [1.29, 1.82) is 0 Å². The van der Waals surface area contributed by atoms with Crippen LogP contribution in [-0.4, -0.2) is 50.2 Å². The van der Waals surface area contributed by atoms with Crippen molar-refractivity contribution in [3.63, 3.8) is 0 Å². The van der Waals surface area contributed by atoms with Crippen LogP contribution in [0.25, 0.3) is 0 Å². The monoisotopic (exact) mass is 259 g/mol. The summed E-state index contributed by atoms with van der Waals surface area (Å²) in [6.45, 7) is 3.82. The van der Waals surface area contributed by atoms with Gasteiger partial charge < -0.3 is 19.9 Å². The first-order chi connectivity index (χ1) is 8.76. The summed E-state index contributed by atoms with van der Waals surface area (Å²) in [6, 6.07) is 0.319. The van der Waals surface area contributed by atoms with E-state index in [4.69, 9.17) is 9.47 Å². The number of hydrogen-bond acceptors (Lipinski definition) is 4. The Bertz CT molecular complexity index is 187. The van der Waals surface area contributed by atoms with Gasteiger partial charge in [-0.2, -0.15) is 0 Å². The fraction of sp³-hybridized carbons (Fsp3) is 1.00. The van der Waals surface area contributed by atoms with Gasteiger partial charge in [-0.05, 0) is 19.3 Å². The van der Waals surface area contributed by atoms with Crippen LogP contribution in [0, 0.1) is 0 Å². The van der Waals surface area contributed by atoms with Crippen molar-refractivity contribution in [2.75, 3.05) is 26.9 Å². The van der Waals surface area contributed by atoms with Crippen LogP contribution in [0.4, 0.5) is 0 Å². The van der Waals surface area contributed by atoms with Crippen molar-refractivity contribution in [1.82, 2.24) is 5.32 Å². The molecule has 1 aliphatic carbocycles. The minimum atomic E-state index is -0.419. The molecule has 4 nitrogen and oxygen atoms in total. The molecule has 0 saturated heterocycles. The molecule has 0 aromatic rings. The highest BCUT2D eigenvalue weighted by molar-refractivity contribution is 4.69. The summed E-state index contributed by atoms with van der Waals surface area (Å²) in [6.07, 6.45) is 7.13. The molecule has 108 valence electrons. The Hall–Kier alpha value is -0.160. The van der Waals surface area contributed by atoms with Crippen LogP contribution in [0.5, 0.6) is 0 Å². The van der Waals surface area contributed by atoms with Crippen LogP contribution in [0.1, 0.15) is 45.4 Å². The molecule has 0 aromatic heterocycles. The van der Waals surface area contributed by atoms with Crippen molar-refractivity contribution in [2.24, 2.45) is 0 Å². The number of aliphatic hydroxyl groups excluding tert-OH is 1. The maximum atomic E-state index is 9.86. The topological polar surface area (TPSA) is 50.7 Å². The molecule has 4 heteroatoms. The average molecular weight is 259 g/mol. The fourth-order valence-electron chi connectivity index (χ4n) is 2.36. The Kier molecular flexibility index (Phi) is 8.59. The third-order valence-corrected chi connectivity index (χ3v) is 3.58. The predicted octanol–water partition coefficient (Wildman–Crippen LogP) is 1.71. The minimum Gasteiger partial charge on any atom is -0.389 e. The van der Waals surface area contributed by atoms with Gasteiger partial charge in [-0.25, -0.2) is 0 Å². The number of ether oxygens (including phenoxy) is 2. The van der Waals surface area contributed by atoms with Crippen LogP contribution in [0.2, 0.25) is 0 Å². The Morgan fingerprint density at radius 3 is 2.56 bits per heavy atom. The number of aliphatic hydroxyl groups is 1. The number of rotatable bonds is 9. The number of methoxy groups -OCH3 is 1. The molecule has 0 aliphatic heterocycles. The molecule has 18 heavy (non-hydrogen) atoms. The lowest BCUT2D eigenvalue weighted by molar-refractivity contribution is -0.0242. The summed E-state index contributed by atoms with van der Waals surface area (Å²) in [5, 5.41) is 13.2. The van der Waals surface area contributed by atoms with Gasteiger partial charge in [-0.3, -0.25) is 0 Å². The van der Waals surface area contributed by atoms with Crippen LogP contribution >= 0.6 is 0 Å². The van der Waals surface area contributed by atoms with Gasteiger partial charge in [0.25, 0.3) is 0 Å². The molecule has 2 atom stereocenters. The maximum absolute atomic E-state index is 9.86. The normalized spacial score (nSPS) is 20.8. The van der Waals surface area contributed by atoms with Crippen molar-refractivity contribution in [3.05, 3.63) is 0 Å². The number of hydrogen-bond donors (Lipinski definition) is 2. The molecule has 0 aromatic carbocycles. The Labute approximate surface area is 111 Å². The van der Waals surface area contributed by atoms with E-state index in [1.54, 1.807) is 7.11 Å². The summed E-state index contributed by atoms with van der Waals surface area (Å²) in [4.78, 5) is 0. The Morgan fingerprint density at radius 1 is 1.22 bits per heavy atom. The summed E-state index contributed by atoms with van der Waals surface area (Å²) >= 11 is 0. The summed E-state index contributed by atoms with van der Waals surface area (Å²) in [5.41, 5.74) is 0. The molecular weight excluding hydrogens is 230 g/mol. The molecule has 0 radical (unpaired) electrons. The largest absolute Gasteiger partial charge is 0.389 e. The quantitative estimate of drug-likeness (QED) is 0.662. The zero-order valence-electron chi connectivity index (χ0n) is 11.9. The van der Waals surface area contributed by atoms with E-state index >= 15 is 0 Å². The molecule has 1 fully saturated rings. The first-order valence-corrected chi connectivity index (χ1v) is 7.28. The zero-order chi connectivity index (χ0) is 13.2. The van der Waals surface area contributed by atoms with Crippen LogP contribution in [-0.2, 0) is 9.47 Å². The molecule has 1 rings (SSSR count). The zero-order valence-corrected chi connectivity index (χ0v) is 11.9. The second-order valence-electron chi connectivity index (χ2n) is 5.22. The first-order valence-electron chi connectivity index (χ1n) is 7.28. The van der Waals surface area contributed by atoms with Crippen LogP contribution in [0.15, 0.2) is 0 Å². The SMILES string of the molecule is CCC(COC)NCC(O)COC1CCCCC1. The summed E-state index contributed by atoms with van der Waals surface area (Å²) in [5.74, 6) is 0. The highest BCUT2D eigenvalue weighted by atomic mass is 16.5. The molecule has 0 heterocycles. The third-order valence-electron chi connectivity index (χ3n) is 3.58. The molecule has 0 amide bonds. The van der Waals surface area contributed by atoms with E-state index in [-0.39, 0.29) is 0 Å². The molecule has 0 spiro atoms. The van der Waals surface area contributed by atoms with Crippen molar-refractivity contribution < 1.29 is 14.6 Å². The molecule has 1 saturated carbocycles. The molecule has 2 unspecified atom stereocenters. The number of nitrogens with one attached hydrogen (secondary N) is 1. The van der Waals surface area contributed by atoms with Gasteiger partial charge in [-0.15, -0.1) is 0 Å². The first kappa shape index (κ1) is 15.9. The highest BCUT2D eigenvalue weighted by Crippen LogP contribution is 2.20. The molecule has 0 bridgehead atoms. The van der Waals surface area contributed by atoms with E-state index in [1.807, 2.05) is 0 Å². The van der Waals surface area contributed by atoms with E-state index < -0.39 is 6.10 Å².